The minimum Gasteiger partial charge on any atom is -0.492 e. The highest BCUT2D eigenvalue weighted by Crippen LogP contribution is 2.32. The van der Waals surface area contributed by atoms with Crippen molar-refractivity contribution < 1.29 is 4.74 Å². The topological polar surface area (TPSA) is 46.5 Å². The zero-order valence-corrected chi connectivity index (χ0v) is 14.0. The van der Waals surface area contributed by atoms with Crippen LogP contribution in [0.4, 0.5) is 5.82 Å². The molecule has 1 heterocycles. The van der Waals surface area contributed by atoms with Crippen molar-refractivity contribution >= 4 is 43.9 Å². The van der Waals surface area contributed by atoms with E-state index >= 15 is 0 Å². The van der Waals surface area contributed by atoms with E-state index in [0.717, 1.165) is 20.3 Å². The predicted molar refractivity (Wildman–Crippen MR) is 88.5 cm³/mol. The summed E-state index contributed by atoms with van der Waals surface area (Å²) in [5.74, 6) is 1.46. The third-order valence-electron chi connectivity index (χ3n) is 2.37. The molecule has 0 aliphatic carbocycles. The van der Waals surface area contributed by atoms with Gasteiger partial charge in [-0.1, -0.05) is 22.0 Å². The molecule has 0 spiro atoms. The number of aromatic nitrogens is 1. The molecule has 6 heteroatoms. The zero-order valence-electron chi connectivity index (χ0n) is 10.8. The molecule has 104 valence electrons. The molecule has 0 amide bonds. The van der Waals surface area contributed by atoms with Crippen LogP contribution in [0.25, 0.3) is 0 Å². The lowest BCUT2D eigenvalue weighted by molar-refractivity contribution is 0.337. The van der Waals surface area contributed by atoms with Crippen LogP contribution in [0.15, 0.2) is 50.6 Å². The SMILES string of the molecule is CCOc1c(Br)cc(Br)cc1/C=N\Nc1ccccn1. The third-order valence-corrected chi connectivity index (χ3v) is 3.42. The van der Waals surface area contributed by atoms with E-state index in [1.165, 1.54) is 0 Å². The molecule has 2 aromatic rings. The molecule has 0 radical (unpaired) electrons. The lowest BCUT2D eigenvalue weighted by atomic mass is 10.2. The average molecular weight is 399 g/mol. The van der Waals surface area contributed by atoms with Crippen LogP contribution in [0.2, 0.25) is 0 Å². The largest absolute Gasteiger partial charge is 0.492 e. The molecule has 0 aliphatic rings. The molecule has 0 saturated carbocycles. The van der Waals surface area contributed by atoms with Gasteiger partial charge < -0.3 is 4.74 Å². The Balaban J connectivity index is 2.19. The maximum absolute atomic E-state index is 5.62. The van der Waals surface area contributed by atoms with Crippen LogP contribution in [0.3, 0.4) is 0 Å². The highest BCUT2D eigenvalue weighted by Gasteiger charge is 2.08. The molecule has 0 aliphatic heterocycles. The van der Waals surface area contributed by atoms with Crippen molar-refractivity contribution in [3.05, 3.63) is 51.0 Å². The number of benzene rings is 1. The highest BCUT2D eigenvalue weighted by atomic mass is 79.9. The molecule has 4 nitrogen and oxygen atoms in total. The predicted octanol–water partition coefficient (Wildman–Crippen LogP) is 4.45. The van der Waals surface area contributed by atoms with Crippen LogP contribution in [0, 0.1) is 0 Å². The fourth-order valence-electron chi connectivity index (χ4n) is 1.57. The second-order valence-corrected chi connectivity index (χ2v) is 5.59. The Morgan fingerprint density at radius 2 is 2.20 bits per heavy atom. The molecule has 0 fully saturated rings. The van der Waals surface area contributed by atoms with Crippen LogP contribution in [0.1, 0.15) is 12.5 Å². The normalized spacial score (nSPS) is 10.8. The monoisotopic (exact) mass is 397 g/mol. The average Bonchev–Trinajstić information content (AvgIpc) is 2.43. The Hall–Kier alpha value is -1.40. The van der Waals surface area contributed by atoms with E-state index in [-0.39, 0.29) is 0 Å². The molecule has 1 aromatic heterocycles. The summed E-state index contributed by atoms with van der Waals surface area (Å²) in [5.41, 5.74) is 3.75. The summed E-state index contributed by atoms with van der Waals surface area (Å²) >= 11 is 6.94. The number of hydrogen-bond donors (Lipinski definition) is 1. The van der Waals surface area contributed by atoms with Gasteiger partial charge in [0.2, 0.25) is 0 Å². The number of halogens is 2. The lowest BCUT2D eigenvalue weighted by Crippen LogP contribution is -1.99. The van der Waals surface area contributed by atoms with Crippen LogP contribution in [-0.4, -0.2) is 17.8 Å². The van der Waals surface area contributed by atoms with Crippen molar-refractivity contribution in [3.8, 4) is 5.75 Å². The standard InChI is InChI=1S/C14H13Br2N3O/c1-2-20-14-10(7-11(15)8-12(14)16)9-18-19-13-5-3-4-6-17-13/h3-9H,2H2,1H3,(H,17,19)/b18-9-. The Bertz CT molecular complexity index is 603. The number of hydrogen-bond acceptors (Lipinski definition) is 4. The summed E-state index contributed by atoms with van der Waals surface area (Å²) in [5, 5.41) is 4.18. The summed E-state index contributed by atoms with van der Waals surface area (Å²) in [4.78, 5) is 4.13. The molecular weight excluding hydrogens is 386 g/mol. The van der Waals surface area contributed by atoms with Gasteiger partial charge in [-0.3, -0.25) is 5.43 Å². The van der Waals surface area contributed by atoms with Crippen molar-refractivity contribution in [2.75, 3.05) is 12.0 Å². The fourth-order valence-corrected chi connectivity index (χ4v) is 2.94. The van der Waals surface area contributed by atoms with E-state index in [2.05, 4.69) is 47.4 Å². The summed E-state index contributed by atoms with van der Waals surface area (Å²) in [6.45, 7) is 2.54. The van der Waals surface area contributed by atoms with Crippen molar-refractivity contribution in [3.63, 3.8) is 0 Å². The minimum atomic E-state index is 0.592. The van der Waals surface area contributed by atoms with Gasteiger partial charge in [-0.05, 0) is 47.1 Å². The van der Waals surface area contributed by atoms with Gasteiger partial charge in [0.1, 0.15) is 11.6 Å². The molecule has 0 unspecified atom stereocenters. The maximum Gasteiger partial charge on any atom is 0.146 e. The second-order valence-electron chi connectivity index (χ2n) is 3.82. The van der Waals surface area contributed by atoms with Gasteiger partial charge in [0, 0.05) is 16.2 Å². The maximum atomic E-state index is 5.62. The van der Waals surface area contributed by atoms with E-state index in [4.69, 9.17) is 4.74 Å². The molecule has 20 heavy (non-hydrogen) atoms. The Kier molecular flexibility index (Phi) is 5.55. The Morgan fingerprint density at radius 3 is 2.90 bits per heavy atom. The van der Waals surface area contributed by atoms with E-state index in [9.17, 15) is 0 Å². The number of hydrazone groups is 1. The number of nitrogens with one attached hydrogen (secondary N) is 1. The smallest absolute Gasteiger partial charge is 0.146 e. The molecule has 0 saturated heterocycles. The first-order valence-corrected chi connectivity index (χ1v) is 7.61. The van der Waals surface area contributed by atoms with E-state index < -0.39 is 0 Å². The van der Waals surface area contributed by atoms with Gasteiger partial charge in [0.05, 0.1) is 17.3 Å². The fraction of sp³-hybridized carbons (Fsp3) is 0.143. The van der Waals surface area contributed by atoms with Crippen LogP contribution in [-0.2, 0) is 0 Å². The van der Waals surface area contributed by atoms with Crippen molar-refractivity contribution in [2.24, 2.45) is 5.10 Å². The molecule has 2 rings (SSSR count). The number of nitrogens with zero attached hydrogens (tertiary/aromatic N) is 2. The molecular formula is C14H13Br2N3O. The highest BCUT2D eigenvalue weighted by molar-refractivity contribution is 9.11. The Labute approximate surface area is 134 Å². The number of pyridine rings is 1. The first-order valence-electron chi connectivity index (χ1n) is 6.02. The van der Waals surface area contributed by atoms with Crippen molar-refractivity contribution in [2.45, 2.75) is 6.92 Å². The van der Waals surface area contributed by atoms with Gasteiger partial charge in [-0.2, -0.15) is 5.10 Å². The van der Waals surface area contributed by atoms with Crippen LogP contribution >= 0.6 is 31.9 Å². The van der Waals surface area contributed by atoms with Crippen molar-refractivity contribution in [1.82, 2.24) is 4.98 Å². The minimum absolute atomic E-state index is 0.592. The lowest BCUT2D eigenvalue weighted by Gasteiger charge is -2.10. The first-order chi connectivity index (χ1) is 9.70. The molecule has 1 N–H and O–H groups in total. The summed E-state index contributed by atoms with van der Waals surface area (Å²) in [6, 6.07) is 9.48. The van der Waals surface area contributed by atoms with Gasteiger partial charge in [0.25, 0.3) is 0 Å². The van der Waals surface area contributed by atoms with Gasteiger partial charge in [-0.15, -0.1) is 0 Å². The van der Waals surface area contributed by atoms with E-state index in [1.54, 1.807) is 12.4 Å². The van der Waals surface area contributed by atoms with Gasteiger partial charge in [0.15, 0.2) is 0 Å². The number of ether oxygens (including phenoxy) is 1. The quantitative estimate of drug-likeness (QED) is 0.597. The van der Waals surface area contributed by atoms with E-state index in [0.29, 0.717) is 12.4 Å². The number of rotatable bonds is 5. The zero-order chi connectivity index (χ0) is 14.4. The molecule has 0 atom stereocenters. The summed E-state index contributed by atoms with van der Waals surface area (Å²) in [7, 11) is 0. The Morgan fingerprint density at radius 1 is 1.35 bits per heavy atom. The first kappa shape index (κ1) is 15.0. The molecule has 1 aromatic carbocycles. The van der Waals surface area contributed by atoms with Crippen LogP contribution < -0.4 is 10.2 Å². The second kappa shape index (κ2) is 7.40. The summed E-state index contributed by atoms with van der Waals surface area (Å²) in [6.07, 6.45) is 3.41. The van der Waals surface area contributed by atoms with E-state index in [1.807, 2.05) is 37.3 Å². The van der Waals surface area contributed by atoms with Crippen LogP contribution in [0.5, 0.6) is 5.75 Å². The third kappa shape index (κ3) is 4.05. The summed E-state index contributed by atoms with van der Waals surface area (Å²) < 4.78 is 7.46. The van der Waals surface area contributed by atoms with Gasteiger partial charge >= 0.3 is 0 Å². The molecule has 0 bridgehead atoms. The number of anilines is 1. The van der Waals surface area contributed by atoms with Gasteiger partial charge in [-0.25, -0.2) is 4.98 Å². The van der Waals surface area contributed by atoms with Crippen molar-refractivity contribution in [1.29, 1.82) is 0 Å².